The van der Waals surface area contributed by atoms with Crippen molar-refractivity contribution in [1.29, 1.82) is 0 Å². The summed E-state index contributed by atoms with van der Waals surface area (Å²) in [6.45, 7) is 0. The molecule has 0 fully saturated rings. The SMILES string of the molecule is NC(=Nc1ccc(Cl)cc1)SCc1cccc(Cl)c1. The van der Waals surface area contributed by atoms with Crippen LogP contribution in [0, 0.1) is 0 Å². The van der Waals surface area contributed by atoms with E-state index in [1.165, 1.54) is 11.8 Å². The molecule has 0 saturated carbocycles. The molecule has 0 aliphatic rings. The summed E-state index contributed by atoms with van der Waals surface area (Å²) in [6.07, 6.45) is 0. The smallest absolute Gasteiger partial charge is 0.159 e. The Labute approximate surface area is 126 Å². The van der Waals surface area contributed by atoms with E-state index in [0.717, 1.165) is 22.0 Å². The van der Waals surface area contributed by atoms with E-state index >= 15 is 0 Å². The van der Waals surface area contributed by atoms with Crippen LogP contribution in [0.4, 0.5) is 5.69 Å². The molecular formula is C14H12Cl2N2S. The molecule has 0 saturated heterocycles. The Morgan fingerprint density at radius 3 is 2.47 bits per heavy atom. The Kier molecular flexibility index (Phi) is 5.14. The summed E-state index contributed by atoms with van der Waals surface area (Å²) in [7, 11) is 0. The molecule has 0 aromatic heterocycles. The lowest BCUT2D eigenvalue weighted by Gasteiger charge is -2.02. The second-order valence-electron chi connectivity index (χ2n) is 3.85. The molecule has 0 bridgehead atoms. The van der Waals surface area contributed by atoms with Crippen LogP contribution >= 0.6 is 35.0 Å². The highest BCUT2D eigenvalue weighted by molar-refractivity contribution is 8.13. The van der Waals surface area contributed by atoms with E-state index in [0.29, 0.717) is 10.2 Å². The van der Waals surface area contributed by atoms with Crippen LogP contribution in [0.5, 0.6) is 0 Å². The molecule has 0 aliphatic carbocycles. The number of thioether (sulfide) groups is 1. The highest BCUT2D eigenvalue weighted by Gasteiger charge is 1.99. The van der Waals surface area contributed by atoms with Crippen LogP contribution in [0.3, 0.4) is 0 Å². The number of aliphatic imine (C=N–C) groups is 1. The summed E-state index contributed by atoms with van der Waals surface area (Å²) in [6, 6.07) is 14.9. The van der Waals surface area contributed by atoms with Gasteiger partial charge >= 0.3 is 0 Å². The van der Waals surface area contributed by atoms with Crippen LogP contribution in [0.2, 0.25) is 10.0 Å². The van der Waals surface area contributed by atoms with Crippen LogP contribution in [0.25, 0.3) is 0 Å². The third-order valence-electron chi connectivity index (χ3n) is 2.34. The zero-order valence-electron chi connectivity index (χ0n) is 10.0. The number of hydrogen-bond acceptors (Lipinski definition) is 2. The van der Waals surface area contributed by atoms with Crippen molar-refractivity contribution in [2.24, 2.45) is 10.7 Å². The molecule has 2 aromatic carbocycles. The molecule has 2 N–H and O–H groups in total. The van der Waals surface area contributed by atoms with Gasteiger partial charge in [-0.1, -0.05) is 47.1 Å². The van der Waals surface area contributed by atoms with Gasteiger partial charge in [0.2, 0.25) is 0 Å². The Bertz CT molecular complexity index is 582. The minimum absolute atomic E-state index is 0.516. The number of hydrogen-bond donors (Lipinski definition) is 1. The maximum atomic E-state index is 5.92. The molecule has 0 heterocycles. The maximum Gasteiger partial charge on any atom is 0.159 e. The zero-order chi connectivity index (χ0) is 13.7. The molecule has 0 amide bonds. The van der Waals surface area contributed by atoms with Crippen LogP contribution in [0.15, 0.2) is 53.5 Å². The van der Waals surface area contributed by atoms with Gasteiger partial charge in [0, 0.05) is 15.8 Å². The van der Waals surface area contributed by atoms with Crippen LogP contribution in [-0.4, -0.2) is 5.17 Å². The Morgan fingerprint density at radius 1 is 1.05 bits per heavy atom. The molecule has 0 atom stereocenters. The van der Waals surface area contributed by atoms with E-state index in [-0.39, 0.29) is 0 Å². The second-order valence-corrected chi connectivity index (χ2v) is 5.71. The minimum atomic E-state index is 0.516. The molecule has 0 aliphatic heterocycles. The third-order valence-corrected chi connectivity index (χ3v) is 3.69. The van der Waals surface area contributed by atoms with E-state index < -0.39 is 0 Å². The van der Waals surface area contributed by atoms with E-state index in [1.807, 2.05) is 36.4 Å². The number of benzene rings is 2. The van der Waals surface area contributed by atoms with Crippen LogP contribution in [0.1, 0.15) is 5.56 Å². The number of rotatable bonds is 3. The fraction of sp³-hybridized carbons (Fsp3) is 0.0714. The Hall–Kier alpha value is -1.16. The van der Waals surface area contributed by atoms with Crippen molar-refractivity contribution >= 4 is 45.8 Å². The van der Waals surface area contributed by atoms with Crippen molar-refractivity contribution < 1.29 is 0 Å². The van der Waals surface area contributed by atoms with Crippen molar-refractivity contribution in [2.75, 3.05) is 0 Å². The predicted molar refractivity (Wildman–Crippen MR) is 85.5 cm³/mol. The summed E-state index contributed by atoms with van der Waals surface area (Å²) in [5.41, 5.74) is 7.79. The first-order valence-electron chi connectivity index (χ1n) is 5.60. The third kappa shape index (κ3) is 4.78. The summed E-state index contributed by atoms with van der Waals surface area (Å²) >= 11 is 13.2. The monoisotopic (exact) mass is 310 g/mol. The number of halogens is 2. The van der Waals surface area contributed by atoms with Gasteiger partial charge in [0.15, 0.2) is 5.17 Å². The van der Waals surface area contributed by atoms with Crippen molar-refractivity contribution in [1.82, 2.24) is 0 Å². The van der Waals surface area contributed by atoms with Crippen molar-refractivity contribution in [3.63, 3.8) is 0 Å². The summed E-state index contributed by atoms with van der Waals surface area (Å²) < 4.78 is 0. The predicted octanol–water partition coefficient (Wildman–Crippen LogP) is 4.87. The topological polar surface area (TPSA) is 38.4 Å². The fourth-order valence-corrected chi connectivity index (χ4v) is 2.46. The minimum Gasteiger partial charge on any atom is -0.378 e. The van der Waals surface area contributed by atoms with E-state index in [9.17, 15) is 0 Å². The first-order chi connectivity index (χ1) is 9.13. The number of nitrogens with two attached hydrogens (primary N) is 1. The van der Waals surface area contributed by atoms with Crippen LogP contribution < -0.4 is 5.73 Å². The normalized spacial score (nSPS) is 11.6. The molecule has 2 nitrogen and oxygen atoms in total. The van der Waals surface area contributed by atoms with Crippen molar-refractivity contribution in [2.45, 2.75) is 5.75 Å². The number of nitrogens with zero attached hydrogens (tertiary/aromatic N) is 1. The molecule has 2 rings (SSSR count). The average Bonchev–Trinajstić information content (AvgIpc) is 2.39. The first-order valence-corrected chi connectivity index (χ1v) is 7.34. The lowest BCUT2D eigenvalue weighted by Crippen LogP contribution is -2.06. The maximum absolute atomic E-state index is 5.92. The van der Waals surface area contributed by atoms with Gasteiger partial charge in [-0.3, -0.25) is 0 Å². The highest BCUT2D eigenvalue weighted by Crippen LogP contribution is 2.20. The quantitative estimate of drug-likeness (QED) is 0.648. The number of amidine groups is 1. The van der Waals surface area contributed by atoms with Crippen LogP contribution in [-0.2, 0) is 5.75 Å². The fourth-order valence-electron chi connectivity index (χ4n) is 1.46. The molecule has 0 unspecified atom stereocenters. The molecule has 0 radical (unpaired) electrons. The lowest BCUT2D eigenvalue weighted by atomic mass is 10.2. The van der Waals surface area contributed by atoms with Gasteiger partial charge in [-0.05, 0) is 42.0 Å². The zero-order valence-corrected chi connectivity index (χ0v) is 12.3. The summed E-state index contributed by atoms with van der Waals surface area (Å²) in [4.78, 5) is 4.30. The van der Waals surface area contributed by atoms with Gasteiger partial charge in [-0.2, -0.15) is 0 Å². The molecule has 19 heavy (non-hydrogen) atoms. The molecule has 5 heteroatoms. The van der Waals surface area contributed by atoms with Gasteiger partial charge in [0.05, 0.1) is 5.69 Å². The largest absolute Gasteiger partial charge is 0.378 e. The van der Waals surface area contributed by atoms with Crippen molar-refractivity contribution in [3.05, 3.63) is 64.1 Å². The lowest BCUT2D eigenvalue weighted by molar-refractivity contribution is 1.42. The van der Waals surface area contributed by atoms with Gasteiger partial charge in [-0.25, -0.2) is 4.99 Å². The summed E-state index contributed by atoms with van der Waals surface area (Å²) in [5, 5.41) is 1.93. The first kappa shape index (κ1) is 14.3. The van der Waals surface area contributed by atoms with Crippen molar-refractivity contribution in [3.8, 4) is 0 Å². The molecule has 98 valence electrons. The van der Waals surface area contributed by atoms with Gasteiger partial charge in [-0.15, -0.1) is 0 Å². The van der Waals surface area contributed by atoms with E-state index in [2.05, 4.69) is 4.99 Å². The van der Waals surface area contributed by atoms with E-state index in [1.54, 1.807) is 12.1 Å². The van der Waals surface area contributed by atoms with E-state index in [4.69, 9.17) is 28.9 Å². The molecule has 0 spiro atoms. The summed E-state index contributed by atoms with van der Waals surface area (Å²) in [5.74, 6) is 0.740. The van der Waals surface area contributed by atoms with Gasteiger partial charge in [0.1, 0.15) is 0 Å². The van der Waals surface area contributed by atoms with Gasteiger partial charge in [0.25, 0.3) is 0 Å². The highest BCUT2D eigenvalue weighted by atomic mass is 35.5. The molecule has 2 aromatic rings. The Morgan fingerprint density at radius 2 is 1.79 bits per heavy atom. The standard InChI is InChI=1S/C14H12Cl2N2S/c15-11-4-6-13(7-5-11)18-14(17)19-9-10-2-1-3-12(16)8-10/h1-8H,9H2,(H2,17,18). The van der Waals surface area contributed by atoms with Gasteiger partial charge < -0.3 is 5.73 Å². The molecular weight excluding hydrogens is 299 g/mol. The second kappa shape index (κ2) is 6.85. The average molecular weight is 311 g/mol. The Balaban J connectivity index is 1.97.